The molecule has 8 nitrogen and oxygen atoms in total. The largest absolute Gasteiger partial charge is 0.507 e. The topological polar surface area (TPSA) is 93.9 Å². The van der Waals surface area contributed by atoms with E-state index in [2.05, 4.69) is 4.98 Å². The van der Waals surface area contributed by atoms with Gasteiger partial charge in [0.25, 0.3) is 11.7 Å². The molecule has 2 aromatic carbocycles. The van der Waals surface area contributed by atoms with E-state index in [1.807, 2.05) is 23.8 Å². The molecule has 1 aliphatic rings. The summed E-state index contributed by atoms with van der Waals surface area (Å²) in [5.41, 5.74) is 1.19. The number of imidazole rings is 1. The number of benzene rings is 2. The SMILES string of the molecule is CCOc1ccc(C2C(=C(O)c3ccccc3)C(=O)C(=O)N2CCCn2ccnc2)cc1OC. The highest BCUT2D eigenvalue weighted by atomic mass is 16.5. The molecular formula is C26H27N3O5. The number of aliphatic hydroxyl groups is 1. The molecule has 1 fully saturated rings. The van der Waals surface area contributed by atoms with Gasteiger partial charge in [-0.15, -0.1) is 0 Å². The van der Waals surface area contributed by atoms with Crippen molar-refractivity contribution in [3.8, 4) is 11.5 Å². The average Bonchev–Trinajstić information content (AvgIpc) is 3.47. The lowest BCUT2D eigenvalue weighted by atomic mass is 9.95. The molecule has 0 aliphatic carbocycles. The Balaban J connectivity index is 1.76. The molecule has 1 atom stereocenters. The summed E-state index contributed by atoms with van der Waals surface area (Å²) in [7, 11) is 1.54. The summed E-state index contributed by atoms with van der Waals surface area (Å²) in [6.45, 7) is 3.31. The molecule has 1 amide bonds. The fourth-order valence-corrected chi connectivity index (χ4v) is 4.18. The number of aliphatic hydroxyl groups excluding tert-OH is 1. The van der Waals surface area contributed by atoms with Gasteiger partial charge in [0.05, 0.1) is 31.7 Å². The first-order valence-corrected chi connectivity index (χ1v) is 11.2. The van der Waals surface area contributed by atoms with Crippen molar-refractivity contribution < 1.29 is 24.2 Å². The minimum Gasteiger partial charge on any atom is -0.507 e. The van der Waals surface area contributed by atoms with E-state index in [1.165, 1.54) is 12.0 Å². The highest BCUT2D eigenvalue weighted by Gasteiger charge is 2.46. The Morgan fingerprint density at radius 2 is 1.88 bits per heavy atom. The molecule has 1 unspecified atom stereocenters. The third kappa shape index (κ3) is 4.52. The van der Waals surface area contributed by atoms with Crippen molar-refractivity contribution >= 4 is 17.4 Å². The number of carbonyl (C=O) groups is 2. The van der Waals surface area contributed by atoms with Crippen molar-refractivity contribution in [3.63, 3.8) is 0 Å². The van der Waals surface area contributed by atoms with E-state index in [9.17, 15) is 14.7 Å². The van der Waals surface area contributed by atoms with Crippen LogP contribution in [0, 0.1) is 0 Å². The molecule has 8 heteroatoms. The van der Waals surface area contributed by atoms with Gasteiger partial charge in [-0.25, -0.2) is 4.98 Å². The maximum absolute atomic E-state index is 13.1. The fourth-order valence-electron chi connectivity index (χ4n) is 4.18. The molecule has 1 N–H and O–H groups in total. The van der Waals surface area contributed by atoms with Gasteiger partial charge in [-0.05, 0) is 31.0 Å². The molecule has 34 heavy (non-hydrogen) atoms. The van der Waals surface area contributed by atoms with E-state index in [0.717, 1.165) is 0 Å². The van der Waals surface area contributed by atoms with Gasteiger partial charge in [0.2, 0.25) is 0 Å². The standard InChI is InChI=1S/C26H27N3O5/c1-3-34-20-11-10-19(16-21(20)33-2)23-22(24(30)18-8-5-4-6-9-18)25(31)26(32)29(23)14-7-13-28-15-12-27-17-28/h4-6,8-12,15-17,23,30H,3,7,13-14H2,1-2H3. The van der Waals surface area contributed by atoms with Crippen molar-refractivity contribution in [2.75, 3.05) is 20.3 Å². The van der Waals surface area contributed by atoms with Gasteiger partial charge in [-0.1, -0.05) is 36.4 Å². The van der Waals surface area contributed by atoms with Crippen LogP contribution in [-0.4, -0.2) is 51.5 Å². The zero-order chi connectivity index (χ0) is 24.1. The van der Waals surface area contributed by atoms with Crippen molar-refractivity contribution in [1.29, 1.82) is 0 Å². The molecule has 4 rings (SSSR count). The normalized spacial score (nSPS) is 17.2. The van der Waals surface area contributed by atoms with Crippen molar-refractivity contribution in [1.82, 2.24) is 14.5 Å². The number of likely N-dealkylation sites (tertiary alicyclic amines) is 1. The number of carbonyl (C=O) groups excluding carboxylic acids is 2. The van der Waals surface area contributed by atoms with Crippen LogP contribution >= 0.6 is 0 Å². The molecule has 1 saturated heterocycles. The Morgan fingerprint density at radius 3 is 2.56 bits per heavy atom. The van der Waals surface area contributed by atoms with E-state index in [1.54, 1.807) is 55.0 Å². The molecule has 1 aliphatic heterocycles. The lowest BCUT2D eigenvalue weighted by molar-refractivity contribution is -0.139. The minimum atomic E-state index is -0.757. The molecule has 0 radical (unpaired) electrons. The number of Topliss-reactive ketones (excluding diaryl/α,β-unsaturated/α-hetero) is 1. The molecule has 176 valence electrons. The van der Waals surface area contributed by atoms with Gasteiger partial charge >= 0.3 is 0 Å². The van der Waals surface area contributed by atoms with Crippen molar-refractivity contribution in [3.05, 3.63) is 84.0 Å². The third-order valence-corrected chi connectivity index (χ3v) is 5.76. The maximum Gasteiger partial charge on any atom is 0.295 e. The molecule has 1 aromatic heterocycles. The summed E-state index contributed by atoms with van der Waals surface area (Å²) in [5.74, 6) is -0.492. The van der Waals surface area contributed by atoms with Crippen LogP contribution in [0.25, 0.3) is 5.76 Å². The number of hydrogen-bond donors (Lipinski definition) is 1. The lowest BCUT2D eigenvalue weighted by Gasteiger charge is -2.26. The molecule has 0 saturated carbocycles. The summed E-state index contributed by atoms with van der Waals surface area (Å²) in [6.07, 6.45) is 5.86. The molecule has 2 heterocycles. The number of amides is 1. The zero-order valence-corrected chi connectivity index (χ0v) is 19.2. The molecular weight excluding hydrogens is 434 g/mol. The van der Waals surface area contributed by atoms with Crippen molar-refractivity contribution in [2.45, 2.75) is 25.9 Å². The predicted octanol–water partition coefficient (Wildman–Crippen LogP) is 3.80. The van der Waals surface area contributed by atoms with E-state index >= 15 is 0 Å². The second kappa shape index (κ2) is 10.2. The summed E-state index contributed by atoms with van der Waals surface area (Å²) in [4.78, 5) is 31.8. The highest BCUT2D eigenvalue weighted by Crippen LogP contribution is 2.42. The van der Waals surface area contributed by atoms with E-state index in [0.29, 0.717) is 48.7 Å². The van der Waals surface area contributed by atoms with Gasteiger partial charge < -0.3 is 24.0 Å². The average molecular weight is 462 g/mol. The van der Waals surface area contributed by atoms with Crippen LogP contribution in [0.15, 0.2) is 72.8 Å². The van der Waals surface area contributed by atoms with Crippen LogP contribution < -0.4 is 9.47 Å². The fraction of sp³-hybridized carbons (Fsp3) is 0.269. The second-order valence-electron chi connectivity index (χ2n) is 7.86. The Hall–Kier alpha value is -4.07. The Bertz CT molecular complexity index is 1190. The Morgan fingerprint density at radius 1 is 1.09 bits per heavy atom. The third-order valence-electron chi connectivity index (χ3n) is 5.76. The zero-order valence-electron chi connectivity index (χ0n) is 19.2. The molecule has 3 aromatic rings. The molecule has 0 bridgehead atoms. The summed E-state index contributed by atoms with van der Waals surface area (Å²) in [6, 6.07) is 13.3. The first kappa shape index (κ1) is 23.1. The summed E-state index contributed by atoms with van der Waals surface area (Å²) in [5, 5.41) is 11.1. The van der Waals surface area contributed by atoms with Gasteiger partial charge in [0, 0.05) is 31.0 Å². The number of aromatic nitrogens is 2. The second-order valence-corrected chi connectivity index (χ2v) is 7.86. The Kier molecular flexibility index (Phi) is 6.96. The smallest absolute Gasteiger partial charge is 0.295 e. The number of hydrogen-bond acceptors (Lipinski definition) is 6. The van der Waals surface area contributed by atoms with Gasteiger partial charge in [-0.3, -0.25) is 9.59 Å². The first-order valence-electron chi connectivity index (χ1n) is 11.2. The van der Waals surface area contributed by atoms with Gasteiger partial charge in [0.1, 0.15) is 5.76 Å². The van der Waals surface area contributed by atoms with Gasteiger partial charge in [-0.2, -0.15) is 0 Å². The van der Waals surface area contributed by atoms with E-state index < -0.39 is 17.7 Å². The van der Waals surface area contributed by atoms with Crippen LogP contribution in [0.2, 0.25) is 0 Å². The van der Waals surface area contributed by atoms with E-state index in [-0.39, 0.29) is 11.3 Å². The van der Waals surface area contributed by atoms with Crippen LogP contribution in [0.3, 0.4) is 0 Å². The maximum atomic E-state index is 13.1. The summed E-state index contributed by atoms with van der Waals surface area (Å²) >= 11 is 0. The van der Waals surface area contributed by atoms with Crippen LogP contribution in [0.1, 0.15) is 30.5 Å². The quantitative estimate of drug-likeness (QED) is 0.296. The minimum absolute atomic E-state index is 0.0602. The number of rotatable bonds is 9. The van der Waals surface area contributed by atoms with Crippen LogP contribution in [0.4, 0.5) is 0 Å². The van der Waals surface area contributed by atoms with Crippen molar-refractivity contribution in [2.24, 2.45) is 0 Å². The lowest BCUT2D eigenvalue weighted by Crippen LogP contribution is -2.31. The molecule has 0 spiro atoms. The monoisotopic (exact) mass is 461 g/mol. The first-order chi connectivity index (χ1) is 16.5. The Labute approximate surface area is 198 Å². The number of nitrogens with zero attached hydrogens (tertiary/aromatic N) is 3. The predicted molar refractivity (Wildman–Crippen MR) is 126 cm³/mol. The number of ketones is 1. The van der Waals surface area contributed by atoms with Crippen LogP contribution in [-0.2, 0) is 16.1 Å². The van der Waals surface area contributed by atoms with Gasteiger partial charge in [0.15, 0.2) is 11.5 Å². The number of ether oxygens (including phenoxy) is 2. The highest BCUT2D eigenvalue weighted by molar-refractivity contribution is 6.46. The summed E-state index contributed by atoms with van der Waals surface area (Å²) < 4.78 is 13.0. The van der Waals surface area contributed by atoms with Crippen LogP contribution in [0.5, 0.6) is 11.5 Å². The number of methoxy groups -OCH3 is 1. The van der Waals surface area contributed by atoms with E-state index in [4.69, 9.17) is 9.47 Å². The number of aryl methyl sites for hydroxylation is 1.